The van der Waals surface area contributed by atoms with Crippen LogP contribution in [0.1, 0.15) is 6.42 Å². The van der Waals surface area contributed by atoms with Crippen LogP contribution in [0.15, 0.2) is 0 Å². The Morgan fingerprint density at radius 2 is 2.20 bits per heavy atom. The Hall–Kier alpha value is 0.640. The van der Waals surface area contributed by atoms with E-state index in [9.17, 15) is 8.42 Å². The highest BCUT2D eigenvalue weighted by Gasteiger charge is 2.37. The van der Waals surface area contributed by atoms with E-state index in [-0.39, 0.29) is 11.5 Å². The second-order valence-electron chi connectivity index (χ2n) is 2.84. The zero-order valence-electron chi connectivity index (χ0n) is 5.51. The molecule has 10 heavy (non-hydrogen) atoms. The first-order valence-corrected chi connectivity index (χ1v) is 6.37. The van der Waals surface area contributed by atoms with Gasteiger partial charge in [-0.1, -0.05) is 22.6 Å². The van der Waals surface area contributed by atoms with Crippen LogP contribution >= 0.6 is 22.6 Å². The summed E-state index contributed by atoms with van der Waals surface area (Å²) in [6.07, 6.45) is 0.623. The van der Waals surface area contributed by atoms with Crippen LogP contribution in [-0.4, -0.2) is 29.9 Å². The van der Waals surface area contributed by atoms with Gasteiger partial charge in [-0.15, -0.1) is 0 Å². The zero-order valence-corrected chi connectivity index (χ0v) is 8.48. The van der Waals surface area contributed by atoms with Crippen LogP contribution in [0.2, 0.25) is 0 Å². The molecule has 0 radical (unpaired) electrons. The monoisotopic (exact) mass is 275 g/mol. The number of hydrogen-bond acceptors (Lipinski definition) is 3. The first-order valence-electron chi connectivity index (χ1n) is 3.03. The lowest BCUT2D eigenvalue weighted by atomic mass is 10.0. The maximum atomic E-state index is 10.9. The molecule has 0 aliphatic carbocycles. The van der Waals surface area contributed by atoms with Crippen LogP contribution in [0.5, 0.6) is 0 Å². The third kappa shape index (κ3) is 1.82. The Kier molecular flexibility index (Phi) is 2.27. The van der Waals surface area contributed by atoms with Gasteiger partial charge in [0.15, 0.2) is 9.84 Å². The lowest BCUT2D eigenvalue weighted by molar-refractivity contribution is 0.548. The van der Waals surface area contributed by atoms with Gasteiger partial charge >= 0.3 is 0 Å². The molecule has 1 atom stereocenters. The second-order valence-corrected chi connectivity index (χ2v) is 5.78. The third-order valence-corrected chi connectivity index (χ3v) is 5.04. The van der Waals surface area contributed by atoms with Crippen LogP contribution in [0.3, 0.4) is 0 Å². The average molecular weight is 275 g/mol. The molecule has 1 heterocycles. The SMILES string of the molecule is NC1(CI)CCS(=O)(=O)C1. The standard InChI is InChI=1S/C5H10INO2S/c6-3-5(7)1-2-10(8,9)4-5/h1-4,7H2. The van der Waals surface area contributed by atoms with Crippen molar-refractivity contribution in [2.75, 3.05) is 15.9 Å². The van der Waals surface area contributed by atoms with Crippen LogP contribution in [0, 0.1) is 0 Å². The van der Waals surface area contributed by atoms with Gasteiger partial charge < -0.3 is 5.73 Å². The second kappa shape index (κ2) is 2.60. The van der Waals surface area contributed by atoms with Gasteiger partial charge in [-0.3, -0.25) is 0 Å². The van der Waals surface area contributed by atoms with E-state index in [1.165, 1.54) is 0 Å². The average Bonchev–Trinajstić information content (AvgIpc) is 2.08. The van der Waals surface area contributed by atoms with E-state index in [1.54, 1.807) is 0 Å². The van der Waals surface area contributed by atoms with Crippen LogP contribution in [-0.2, 0) is 9.84 Å². The predicted octanol–water partition coefficient (Wildman–Crippen LogP) is -0.0626. The first-order chi connectivity index (χ1) is 4.47. The Balaban J connectivity index is 2.76. The molecule has 1 rings (SSSR count). The molecule has 0 amide bonds. The molecule has 1 unspecified atom stereocenters. The molecule has 0 aromatic carbocycles. The van der Waals surface area contributed by atoms with Crippen LogP contribution < -0.4 is 5.73 Å². The van der Waals surface area contributed by atoms with E-state index in [2.05, 4.69) is 22.6 Å². The van der Waals surface area contributed by atoms with Gasteiger partial charge in [-0.25, -0.2) is 8.42 Å². The van der Waals surface area contributed by atoms with E-state index < -0.39 is 15.4 Å². The van der Waals surface area contributed by atoms with Gasteiger partial charge in [-0.05, 0) is 6.42 Å². The fraction of sp³-hybridized carbons (Fsp3) is 1.00. The molecule has 5 heteroatoms. The lowest BCUT2D eigenvalue weighted by Crippen LogP contribution is -2.42. The molecule has 1 aliphatic rings. The van der Waals surface area contributed by atoms with Crippen molar-refractivity contribution in [3.8, 4) is 0 Å². The van der Waals surface area contributed by atoms with Crippen molar-refractivity contribution in [1.29, 1.82) is 0 Å². The number of halogens is 1. The maximum Gasteiger partial charge on any atom is 0.152 e. The van der Waals surface area contributed by atoms with E-state index in [0.29, 0.717) is 6.42 Å². The van der Waals surface area contributed by atoms with Gasteiger partial charge in [0.2, 0.25) is 0 Å². The highest BCUT2D eigenvalue weighted by atomic mass is 127. The number of hydrogen-bond donors (Lipinski definition) is 1. The maximum absolute atomic E-state index is 10.9. The molecule has 1 fully saturated rings. The number of nitrogens with two attached hydrogens (primary N) is 1. The topological polar surface area (TPSA) is 60.2 Å². The quantitative estimate of drug-likeness (QED) is 0.538. The Morgan fingerprint density at radius 3 is 2.40 bits per heavy atom. The van der Waals surface area contributed by atoms with Crippen molar-refractivity contribution < 1.29 is 8.42 Å². The van der Waals surface area contributed by atoms with Crippen LogP contribution in [0.4, 0.5) is 0 Å². The minimum atomic E-state index is -2.80. The van der Waals surface area contributed by atoms with Gasteiger partial charge in [0.05, 0.1) is 11.5 Å². The molecule has 0 saturated carbocycles. The zero-order chi connectivity index (χ0) is 7.83. The summed E-state index contributed by atoms with van der Waals surface area (Å²) in [5.74, 6) is 0.440. The highest BCUT2D eigenvalue weighted by Crippen LogP contribution is 2.22. The van der Waals surface area contributed by atoms with E-state index >= 15 is 0 Å². The predicted molar refractivity (Wildman–Crippen MR) is 49.1 cm³/mol. The van der Waals surface area contributed by atoms with Crippen molar-refractivity contribution in [2.24, 2.45) is 5.73 Å². The van der Waals surface area contributed by atoms with Crippen molar-refractivity contribution in [1.82, 2.24) is 0 Å². The summed E-state index contributed by atoms with van der Waals surface area (Å²) in [5.41, 5.74) is 5.32. The fourth-order valence-corrected chi connectivity index (χ4v) is 4.05. The molecule has 2 N–H and O–H groups in total. The van der Waals surface area contributed by atoms with Gasteiger partial charge in [0.1, 0.15) is 0 Å². The molecule has 0 bridgehead atoms. The summed E-state index contributed by atoms with van der Waals surface area (Å²) in [4.78, 5) is 0. The fourth-order valence-electron chi connectivity index (χ4n) is 1.05. The summed E-state index contributed by atoms with van der Waals surface area (Å²) in [7, 11) is -2.80. The highest BCUT2D eigenvalue weighted by molar-refractivity contribution is 14.1. The molecule has 1 saturated heterocycles. The molecule has 0 aromatic rings. The van der Waals surface area contributed by atoms with E-state index in [0.717, 1.165) is 4.43 Å². The lowest BCUT2D eigenvalue weighted by Gasteiger charge is -2.17. The van der Waals surface area contributed by atoms with Crippen molar-refractivity contribution >= 4 is 32.4 Å². The van der Waals surface area contributed by atoms with E-state index in [4.69, 9.17) is 5.73 Å². The summed E-state index contributed by atoms with van der Waals surface area (Å²) in [6.45, 7) is 0. The Labute approximate surface area is 74.4 Å². The number of sulfone groups is 1. The smallest absolute Gasteiger partial charge is 0.152 e. The summed E-state index contributed by atoms with van der Waals surface area (Å²) in [6, 6.07) is 0. The van der Waals surface area contributed by atoms with Gasteiger partial charge in [0, 0.05) is 9.97 Å². The molecule has 60 valence electrons. The van der Waals surface area contributed by atoms with Gasteiger partial charge in [0.25, 0.3) is 0 Å². The molecule has 1 aliphatic heterocycles. The van der Waals surface area contributed by atoms with E-state index in [1.807, 2.05) is 0 Å². The molecule has 0 aromatic heterocycles. The van der Waals surface area contributed by atoms with Crippen molar-refractivity contribution in [2.45, 2.75) is 12.0 Å². The number of rotatable bonds is 1. The molecule has 3 nitrogen and oxygen atoms in total. The Bertz CT molecular complexity index is 226. The largest absolute Gasteiger partial charge is 0.324 e. The van der Waals surface area contributed by atoms with Gasteiger partial charge in [-0.2, -0.15) is 0 Å². The van der Waals surface area contributed by atoms with Crippen LogP contribution in [0.25, 0.3) is 0 Å². The summed E-state index contributed by atoms with van der Waals surface area (Å²) < 4.78 is 22.6. The summed E-state index contributed by atoms with van der Waals surface area (Å²) >= 11 is 2.13. The Morgan fingerprint density at radius 1 is 1.60 bits per heavy atom. The molecule has 0 spiro atoms. The first kappa shape index (κ1) is 8.73. The minimum Gasteiger partial charge on any atom is -0.324 e. The van der Waals surface area contributed by atoms with Crippen molar-refractivity contribution in [3.05, 3.63) is 0 Å². The minimum absolute atomic E-state index is 0.170. The number of alkyl halides is 1. The molecular formula is C5H10INO2S. The van der Waals surface area contributed by atoms with Crippen molar-refractivity contribution in [3.63, 3.8) is 0 Å². The third-order valence-electron chi connectivity index (χ3n) is 1.68. The molecular weight excluding hydrogens is 265 g/mol. The summed E-state index contributed by atoms with van der Waals surface area (Å²) in [5, 5.41) is 0. The normalized spacial score (nSPS) is 38.2.